The second-order valence-electron chi connectivity index (χ2n) is 9.94. The van der Waals surface area contributed by atoms with Crippen LogP contribution in [0.25, 0.3) is 33.1 Å². The highest BCUT2D eigenvalue weighted by Crippen LogP contribution is 2.31. The van der Waals surface area contributed by atoms with E-state index in [1.54, 1.807) is 10.8 Å². The third-order valence-corrected chi connectivity index (χ3v) is 7.57. The highest BCUT2D eigenvalue weighted by Gasteiger charge is 2.25. The van der Waals surface area contributed by atoms with Gasteiger partial charge in [0.05, 0.1) is 42.0 Å². The van der Waals surface area contributed by atoms with Crippen LogP contribution in [0.2, 0.25) is 0 Å². The van der Waals surface area contributed by atoms with Gasteiger partial charge in [-0.1, -0.05) is 12.5 Å². The summed E-state index contributed by atoms with van der Waals surface area (Å²) in [5, 5.41) is 0.965. The second-order valence-corrected chi connectivity index (χ2v) is 9.94. The third-order valence-electron chi connectivity index (χ3n) is 7.57. The smallest absolute Gasteiger partial charge is 0.329 e. The molecular formula is C28H33N5O3. The number of aryl methyl sites for hydroxylation is 1. The summed E-state index contributed by atoms with van der Waals surface area (Å²) >= 11 is 0. The van der Waals surface area contributed by atoms with Crippen LogP contribution in [0.15, 0.2) is 47.5 Å². The summed E-state index contributed by atoms with van der Waals surface area (Å²) in [7, 11) is 1.81. The van der Waals surface area contributed by atoms with E-state index in [0.29, 0.717) is 25.7 Å². The van der Waals surface area contributed by atoms with Crippen LogP contribution in [-0.2, 0) is 11.8 Å². The average Bonchev–Trinajstić information content (AvgIpc) is 3.54. The largest absolute Gasteiger partial charge is 0.478 e. The molecule has 0 N–H and O–H groups in total. The quantitative estimate of drug-likeness (QED) is 0.365. The van der Waals surface area contributed by atoms with Gasteiger partial charge in [-0.05, 0) is 62.5 Å². The van der Waals surface area contributed by atoms with E-state index >= 15 is 0 Å². The lowest BCUT2D eigenvalue weighted by atomic mass is 10.0. The predicted octanol–water partition coefficient (Wildman–Crippen LogP) is 4.17. The van der Waals surface area contributed by atoms with Crippen LogP contribution in [-0.4, -0.2) is 63.5 Å². The van der Waals surface area contributed by atoms with E-state index in [1.807, 2.05) is 36.0 Å². The molecule has 3 aromatic heterocycles. The van der Waals surface area contributed by atoms with Gasteiger partial charge < -0.3 is 14.4 Å². The summed E-state index contributed by atoms with van der Waals surface area (Å²) in [5.74, 6) is 0.653. The van der Waals surface area contributed by atoms with Crippen molar-refractivity contribution in [3.63, 3.8) is 0 Å². The Balaban J connectivity index is 1.24. The van der Waals surface area contributed by atoms with Gasteiger partial charge in [0.2, 0.25) is 5.88 Å². The number of rotatable bonds is 7. The van der Waals surface area contributed by atoms with Gasteiger partial charge in [-0.2, -0.15) is 0 Å². The molecule has 36 heavy (non-hydrogen) atoms. The Hall–Kier alpha value is -3.23. The Bertz CT molecular complexity index is 1410. The lowest BCUT2D eigenvalue weighted by molar-refractivity contribution is 0.186. The molecule has 4 aromatic rings. The number of aromatic nitrogens is 4. The molecule has 1 aromatic carbocycles. The Labute approximate surface area is 210 Å². The summed E-state index contributed by atoms with van der Waals surface area (Å²) in [6.07, 6.45) is 9.51. The molecule has 188 valence electrons. The SMILES string of the molecule is Cn1c(=O)n(C2CCOC2)c2c3cc(-c4ccc(OCCCN5CCCCC5)nc4)ccc3ncc21. The van der Waals surface area contributed by atoms with Gasteiger partial charge in [0.25, 0.3) is 0 Å². The molecule has 2 saturated heterocycles. The number of imidazole rings is 1. The molecule has 0 spiro atoms. The molecule has 1 unspecified atom stereocenters. The molecule has 0 amide bonds. The Kier molecular flexibility index (Phi) is 6.46. The molecule has 0 bridgehead atoms. The maximum absolute atomic E-state index is 13.1. The van der Waals surface area contributed by atoms with Crippen LogP contribution in [0.5, 0.6) is 5.88 Å². The summed E-state index contributed by atoms with van der Waals surface area (Å²) in [6.45, 7) is 5.45. The summed E-state index contributed by atoms with van der Waals surface area (Å²) in [5.41, 5.74) is 4.64. The van der Waals surface area contributed by atoms with E-state index in [0.717, 1.165) is 52.4 Å². The van der Waals surface area contributed by atoms with Gasteiger partial charge in [0.15, 0.2) is 0 Å². The second kappa shape index (κ2) is 10.0. The summed E-state index contributed by atoms with van der Waals surface area (Å²) in [6, 6.07) is 10.2. The van der Waals surface area contributed by atoms with Crippen molar-refractivity contribution in [1.29, 1.82) is 0 Å². The zero-order chi connectivity index (χ0) is 24.5. The molecule has 5 heterocycles. The molecule has 8 heteroatoms. The van der Waals surface area contributed by atoms with Gasteiger partial charge in [0.1, 0.15) is 0 Å². The minimum absolute atomic E-state index is 0.0244. The first kappa shape index (κ1) is 23.2. The number of ether oxygens (including phenoxy) is 2. The predicted molar refractivity (Wildman–Crippen MR) is 141 cm³/mol. The van der Waals surface area contributed by atoms with E-state index < -0.39 is 0 Å². The molecule has 6 rings (SSSR count). The molecule has 0 saturated carbocycles. The fraction of sp³-hybridized carbons (Fsp3) is 0.464. The van der Waals surface area contributed by atoms with Gasteiger partial charge in [-0.3, -0.25) is 14.1 Å². The van der Waals surface area contributed by atoms with Crippen molar-refractivity contribution in [3.05, 3.63) is 53.2 Å². The van der Waals surface area contributed by atoms with Crippen LogP contribution in [0, 0.1) is 0 Å². The number of pyridine rings is 2. The zero-order valence-electron chi connectivity index (χ0n) is 20.9. The molecule has 2 fully saturated rings. The van der Waals surface area contributed by atoms with E-state index in [9.17, 15) is 4.79 Å². The fourth-order valence-corrected chi connectivity index (χ4v) is 5.56. The number of nitrogens with zero attached hydrogens (tertiary/aromatic N) is 5. The first-order chi connectivity index (χ1) is 17.7. The van der Waals surface area contributed by atoms with E-state index in [1.165, 1.54) is 32.4 Å². The van der Waals surface area contributed by atoms with E-state index in [2.05, 4.69) is 27.0 Å². The maximum atomic E-state index is 13.1. The molecule has 2 aliphatic heterocycles. The maximum Gasteiger partial charge on any atom is 0.329 e. The van der Waals surface area contributed by atoms with Gasteiger partial charge >= 0.3 is 5.69 Å². The standard InChI is InChI=1S/C28H33N5O3/c1-31-25-18-29-24-8-6-20(16-23(24)27(25)33(28(31)34)22-10-15-35-19-22)21-7-9-26(30-17-21)36-14-5-13-32-11-3-2-4-12-32/h6-9,16-18,22H,2-5,10-15,19H2,1H3. The van der Waals surface area contributed by atoms with Gasteiger partial charge in [0, 0.05) is 43.4 Å². The molecule has 0 aliphatic carbocycles. The van der Waals surface area contributed by atoms with Crippen molar-refractivity contribution >= 4 is 21.9 Å². The van der Waals surface area contributed by atoms with Crippen LogP contribution in [0.1, 0.15) is 38.1 Å². The normalized spacial score (nSPS) is 18.9. The summed E-state index contributed by atoms with van der Waals surface area (Å²) < 4.78 is 15.1. The Morgan fingerprint density at radius 2 is 1.92 bits per heavy atom. The van der Waals surface area contributed by atoms with Gasteiger partial charge in [-0.15, -0.1) is 0 Å². The van der Waals surface area contributed by atoms with Crippen LogP contribution in [0.4, 0.5) is 0 Å². The molecule has 8 nitrogen and oxygen atoms in total. The van der Waals surface area contributed by atoms with Crippen molar-refractivity contribution in [2.45, 2.75) is 38.1 Å². The number of piperidine rings is 1. The Morgan fingerprint density at radius 3 is 2.69 bits per heavy atom. The van der Waals surface area contributed by atoms with Crippen molar-refractivity contribution in [2.75, 3.05) is 39.5 Å². The Morgan fingerprint density at radius 1 is 1.06 bits per heavy atom. The van der Waals surface area contributed by atoms with Crippen LogP contribution < -0.4 is 10.4 Å². The molecule has 2 aliphatic rings. The third kappa shape index (κ3) is 4.40. The average molecular weight is 488 g/mol. The van der Waals surface area contributed by atoms with E-state index in [4.69, 9.17) is 9.47 Å². The van der Waals surface area contributed by atoms with Gasteiger partial charge in [-0.25, -0.2) is 9.78 Å². The van der Waals surface area contributed by atoms with Crippen LogP contribution in [0.3, 0.4) is 0 Å². The lowest BCUT2D eigenvalue weighted by Gasteiger charge is -2.26. The number of benzene rings is 1. The molecule has 1 atom stereocenters. The van der Waals surface area contributed by atoms with Crippen molar-refractivity contribution in [2.24, 2.45) is 7.05 Å². The molecule has 0 radical (unpaired) electrons. The minimum Gasteiger partial charge on any atom is -0.478 e. The highest BCUT2D eigenvalue weighted by molar-refractivity contribution is 6.04. The summed E-state index contributed by atoms with van der Waals surface area (Å²) in [4.78, 5) is 24.8. The van der Waals surface area contributed by atoms with E-state index in [-0.39, 0.29) is 11.7 Å². The fourth-order valence-electron chi connectivity index (χ4n) is 5.56. The topological polar surface area (TPSA) is 74.4 Å². The lowest BCUT2D eigenvalue weighted by Crippen LogP contribution is -2.31. The molecular weight excluding hydrogens is 454 g/mol. The number of fused-ring (bicyclic) bond motifs is 3. The zero-order valence-corrected chi connectivity index (χ0v) is 20.9. The minimum atomic E-state index is -0.0244. The van der Waals surface area contributed by atoms with Crippen molar-refractivity contribution < 1.29 is 9.47 Å². The number of hydrogen-bond donors (Lipinski definition) is 0. The number of hydrogen-bond acceptors (Lipinski definition) is 6. The number of likely N-dealkylation sites (tertiary alicyclic amines) is 1. The van der Waals surface area contributed by atoms with Crippen molar-refractivity contribution in [3.8, 4) is 17.0 Å². The first-order valence-corrected chi connectivity index (χ1v) is 13.1. The van der Waals surface area contributed by atoms with Crippen LogP contribution >= 0.6 is 0 Å². The monoisotopic (exact) mass is 487 g/mol. The highest BCUT2D eigenvalue weighted by atomic mass is 16.5. The van der Waals surface area contributed by atoms with Crippen molar-refractivity contribution in [1.82, 2.24) is 24.0 Å². The first-order valence-electron chi connectivity index (χ1n) is 13.1.